The van der Waals surface area contributed by atoms with Crippen LogP contribution in [-0.4, -0.2) is 22.1 Å². The Morgan fingerprint density at radius 3 is 2.69 bits per heavy atom. The highest BCUT2D eigenvalue weighted by atomic mass is 19.1. The van der Waals surface area contributed by atoms with E-state index < -0.39 is 0 Å². The number of benzene rings is 2. The van der Waals surface area contributed by atoms with Crippen molar-refractivity contribution >= 4 is 10.9 Å². The third-order valence-electron chi connectivity index (χ3n) is 6.00. The molecule has 1 aliphatic rings. The minimum atomic E-state index is -0.0996. The first-order chi connectivity index (χ1) is 12.6. The molecule has 1 atom stereocenters. The first kappa shape index (κ1) is 17.3. The second-order valence-electron chi connectivity index (χ2n) is 7.51. The van der Waals surface area contributed by atoms with Gasteiger partial charge in [-0.05, 0) is 49.6 Å². The third kappa shape index (κ3) is 2.84. The van der Waals surface area contributed by atoms with E-state index in [9.17, 15) is 4.39 Å². The van der Waals surface area contributed by atoms with Crippen LogP contribution < -0.4 is 0 Å². The van der Waals surface area contributed by atoms with E-state index in [0.717, 1.165) is 43.4 Å². The summed E-state index contributed by atoms with van der Waals surface area (Å²) in [6, 6.07) is 14.5. The van der Waals surface area contributed by atoms with Crippen LogP contribution in [0.4, 0.5) is 4.39 Å². The molecule has 26 heavy (non-hydrogen) atoms. The van der Waals surface area contributed by atoms with E-state index in [0.29, 0.717) is 6.04 Å². The molecule has 0 saturated heterocycles. The largest absolute Gasteiger partial charge is 0.342 e. The first-order valence-electron chi connectivity index (χ1n) is 9.67. The zero-order valence-electron chi connectivity index (χ0n) is 15.9. The maximum atomic E-state index is 14.8. The van der Waals surface area contributed by atoms with Gasteiger partial charge in [-0.2, -0.15) is 0 Å². The molecule has 3 heteroatoms. The van der Waals surface area contributed by atoms with E-state index in [1.165, 1.54) is 22.4 Å². The smallest absolute Gasteiger partial charge is 0.147 e. The van der Waals surface area contributed by atoms with Gasteiger partial charge in [0, 0.05) is 36.6 Å². The molecule has 0 N–H and O–H groups in total. The van der Waals surface area contributed by atoms with Gasteiger partial charge in [0.05, 0.1) is 5.52 Å². The number of hydrogen-bond donors (Lipinski definition) is 0. The summed E-state index contributed by atoms with van der Waals surface area (Å²) in [6.07, 6.45) is 1.92. The van der Waals surface area contributed by atoms with Crippen LogP contribution in [0.1, 0.15) is 36.2 Å². The third-order valence-corrected chi connectivity index (χ3v) is 6.00. The van der Waals surface area contributed by atoms with Crippen molar-refractivity contribution in [1.82, 2.24) is 9.47 Å². The molecule has 1 aromatic heterocycles. The number of fused-ring (bicyclic) bond motifs is 3. The van der Waals surface area contributed by atoms with Gasteiger partial charge in [0.2, 0.25) is 0 Å². The summed E-state index contributed by atoms with van der Waals surface area (Å²) in [5.41, 5.74) is 6.10. The Bertz CT molecular complexity index is 941. The van der Waals surface area contributed by atoms with Crippen LogP contribution in [0.25, 0.3) is 10.9 Å². The summed E-state index contributed by atoms with van der Waals surface area (Å²) < 4.78 is 17.0. The van der Waals surface area contributed by atoms with Crippen LogP contribution >= 0.6 is 0 Å². The first-order valence-corrected chi connectivity index (χ1v) is 9.67. The molecule has 2 nitrogen and oxygen atoms in total. The lowest BCUT2D eigenvalue weighted by Crippen LogP contribution is -2.38. The van der Waals surface area contributed by atoms with Crippen molar-refractivity contribution in [1.29, 1.82) is 0 Å². The number of aryl methyl sites for hydroxylation is 3. The number of halogens is 1. The summed E-state index contributed by atoms with van der Waals surface area (Å²) in [5, 5.41) is 1.09. The molecule has 4 rings (SSSR count). The van der Waals surface area contributed by atoms with Crippen LogP contribution in [0, 0.1) is 12.7 Å². The normalized spacial score (nSPS) is 17.6. The number of nitrogens with zero attached hydrogens (tertiary/aromatic N) is 2. The molecule has 136 valence electrons. The number of rotatable bonds is 4. The fraction of sp³-hybridized carbons (Fsp3) is 0.391. The van der Waals surface area contributed by atoms with Crippen LogP contribution in [0.3, 0.4) is 0 Å². The van der Waals surface area contributed by atoms with Gasteiger partial charge in [-0.1, -0.05) is 43.3 Å². The molecule has 0 radical (unpaired) electrons. The van der Waals surface area contributed by atoms with Gasteiger partial charge in [0.15, 0.2) is 0 Å². The summed E-state index contributed by atoms with van der Waals surface area (Å²) in [7, 11) is 0. The monoisotopic (exact) mass is 350 g/mol. The molecule has 0 saturated carbocycles. The highest BCUT2D eigenvalue weighted by Crippen LogP contribution is 2.34. The fourth-order valence-electron chi connectivity index (χ4n) is 4.46. The molecule has 0 amide bonds. The quantitative estimate of drug-likeness (QED) is 0.636. The highest BCUT2D eigenvalue weighted by molar-refractivity contribution is 5.86. The molecule has 0 aliphatic carbocycles. The number of aromatic nitrogens is 1. The average Bonchev–Trinajstić information content (AvgIpc) is 2.94. The predicted molar refractivity (Wildman–Crippen MR) is 106 cm³/mol. The van der Waals surface area contributed by atoms with Gasteiger partial charge in [-0.25, -0.2) is 4.39 Å². The lowest BCUT2D eigenvalue weighted by atomic mass is 9.99. The standard InChI is InChI=1S/C23H27FN2/c1-4-25-15-20-19-10-7-11-21(24)23(19)26(22(20)14-17(25)3)13-12-18-9-6-5-8-16(18)2/h5-11,17H,4,12-15H2,1-3H3. The molecule has 0 spiro atoms. The summed E-state index contributed by atoms with van der Waals surface area (Å²) in [6.45, 7) is 9.43. The van der Waals surface area contributed by atoms with Crippen molar-refractivity contribution in [3.05, 3.63) is 70.7 Å². The van der Waals surface area contributed by atoms with Gasteiger partial charge in [0.1, 0.15) is 5.82 Å². The van der Waals surface area contributed by atoms with Gasteiger partial charge < -0.3 is 4.57 Å². The van der Waals surface area contributed by atoms with E-state index in [1.807, 2.05) is 6.07 Å². The van der Waals surface area contributed by atoms with Crippen LogP contribution in [0.15, 0.2) is 42.5 Å². The second-order valence-corrected chi connectivity index (χ2v) is 7.51. The second kappa shape index (κ2) is 6.88. The topological polar surface area (TPSA) is 8.17 Å². The van der Waals surface area contributed by atoms with E-state index in [2.05, 4.69) is 60.6 Å². The van der Waals surface area contributed by atoms with Gasteiger partial charge in [0.25, 0.3) is 0 Å². The molecular weight excluding hydrogens is 323 g/mol. The fourth-order valence-corrected chi connectivity index (χ4v) is 4.46. The van der Waals surface area contributed by atoms with E-state index in [4.69, 9.17) is 0 Å². The van der Waals surface area contributed by atoms with Crippen molar-refractivity contribution in [2.75, 3.05) is 6.54 Å². The Balaban J connectivity index is 1.79. The molecular formula is C23H27FN2. The average molecular weight is 350 g/mol. The zero-order chi connectivity index (χ0) is 18.3. The van der Waals surface area contributed by atoms with Crippen LogP contribution in [0.5, 0.6) is 0 Å². The Morgan fingerprint density at radius 1 is 1.12 bits per heavy atom. The minimum absolute atomic E-state index is 0.0996. The Morgan fingerprint density at radius 2 is 1.92 bits per heavy atom. The molecule has 1 aliphatic heterocycles. The molecule has 2 aromatic carbocycles. The van der Waals surface area contributed by atoms with Crippen molar-refractivity contribution in [2.24, 2.45) is 0 Å². The van der Waals surface area contributed by atoms with Gasteiger partial charge >= 0.3 is 0 Å². The lowest BCUT2D eigenvalue weighted by molar-refractivity contribution is 0.192. The Hall–Kier alpha value is -2.13. The van der Waals surface area contributed by atoms with E-state index in [1.54, 1.807) is 6.07 Å². The van der Waals surface area contributed by atoms with Crippen molar-refractivity contribution < 1.29 is 4.39 Å². The molecule has 3 aromatic rings. The Kier molecular flexibility index (Phi) is 4.58. The van der Waals surface area contributed by atoms with Crippen molar-refractivity contribution in [3.63, 3.8) is 0 Å². The summed E-state index contributed by atoms with van der Waals surface area (Å²) in [5.74, 6) is -0.0996. The minimum Gasteiger partial charge on any atom is -0.342 e. The predicted octanol–water partition coefficient (Wildman–Crippen LogP) is 5.10. The van der Waals surface area contributed by atoms with Crippen molar-refractivity contribution in [2.45, 2.75) is 52.7 Å². The lowest BCUT2D eigenvalue weighted by Gasteiger charge is -2.33. The maximum absolute atomic E-state index is 14.8. The van der Waals surface area contributed by atoms with Crippen LogP contribution in [0.2, 0.25) is 0 Å². The summed E-state index contributed by atoms with van der Waals surface area (Å²) in [4.78, 5) is 2.48. The highest BCUT2D eigenvalue weighted by Gasteiger charge is 2.28. The maximum Gasteiger partial charge on any atom is 0.147 e. The zero-order valence-corrected chi connectivity index (χ0v) is 15.9. The van der Waals surface area contributed by atoms with Gasteiger partial charge in [-0.3, -0.25) is 4.90 Å². The van der Waals surface area contributed by atoms with Crippen molar-refractivity contribution in [3.8, 4) is 0 Å². The van der Waals surface area contributed by atoms with E-state index in [-0.39, 0.29) is 5.82 Å². The summed E-state index contributed by atoms with van der Waals surface area (Å²) >= 11 is 0. The number of para-hydroxylation sites is 1. The molecule has 1 unspecified atom stereocenters. The van der Waals surface area contributed by atoms with Gasteiger partial charge in [-0.15, -0.1) is 0 Å². The van der Waals surface area contributed by atoms with E-state index >= 15 is 0 Å². The number of likely N-dealkylation sites (N-methyl/N-ethyl adjacent to an activating group) is 1. The molecule has 2 heterocycles. The SMILES string of the molecule is CCN1Cc2c(n(CCc3ccccc3C)c3c(F)cccc23)CC1C. The number of hydrogen-bond acceptors (Lipinski definition) is 1. The Labute approximate surface area is 155 Å². The molecule has 0 bridgehead atoms. The van der Waals surface area contributed by atoms with Crippen LogP contribution in [-0.2, 0) is 25.9 Å². The molecule has 0 fully saturated rings.